The number of β-amino-alcohol motifs (C(OH)–C–C–N with tert-alkyl or cyclic N) is 1. The first-order valence-corrected chi connectivity index (χ1v) is 11.3. The van der Waals surface area contributed by atoms with Crippen LogP contribution in [0.3, 0.4) is 0 Å². The number of ether oxygens (including phenoxy) is 2. The smallest absolute Gasteiger partial charge is 0.410 e. The fourth-order valence-corrected chi connectivity index (χ4v) is 4.17. The van der Waals surface area contributed by atoms with Crippen molar-refractivity contribution in [3.63, 3.8) is 0 Å². The van der Waals surface area contributed by atoms with Crippen LogP contribution in [0.5, 0.6) is 5.75 Å². The lowest BCUT2D eigenvalue weighted by Gasteiger charge is -2.36. The largest absolute Gasteiger partial charge is 0.492 e. The molecular formula is C21H29BrN4O4. The Bertz CT molecular complexity index is 922. The summed E-state index contributed by atoms with van der Waals surface area (Å²) in [5.74, 6) is 1.34. The van der Waals surface area contributed by atoms with Crippen LogP contribution in [0.15, 0.2) is 16.6 Å². The molecule has 1 aliphatic heterocycles. The Morgan fingerprint density at radius 3 is 2.73 bits per heavy atom. The molecule has 2 atom stereocenters. The molecule has 0 spiro atoms. The van der Waals surface area contributed by atoms with Crippen LogP contribution in [-0.4, -0.2) is 62.5 Å². The lowest BCUT2D eigenvalue weighted by Crippen LogP contribution is -2.49. The molecule has 1 saturated carbocycles. The summed E-state index contributed by atoms with van der Waals surface area (Å²) in [6.45, 7) is 7.56. The molecule has 30 heavy (non-hydrogen) atoms. The SMILES string of the molecule is CC(C)(C)OC(=O)N1CCC(COc2ccc3c(nnn3CC3CC3)c2Br)C(O)C1. The second-order valence-electron chi connectivity index (χ2n) is 9.31. The maximum atomic E-state index is 12.2. The lowest BCUT2D eigenvalue weighted by atomic mass is 9.95. The van der Waals surface area contributed by atoms with Gasteiger partial charge in [0.25, 0.3) is 0 Å². The van der Waals surface area contributed by atoms with Crippen LogP contribution >= 0.6 is 15.9 Å². The summed E-state index contributed by atoms with van der Waals surface area (Å²) in [7, 11) is 0. The van der Waals surface area contributed by atoms with Crippen molar-refractivity contribution in [2.45, 2.75) is 58.3 Å². The number of piperidine rings is 1. The van der Waals surface area contributed by atoms with Crippen LogP contribution in [0.25, 0.3) is 11.0 Å². The number of hydrogen-bond donors (Lipinski definition) is 1. The summed E-state index contributed by atoms with van der Waals surface area (Å²) >= 11 is 3.60. The molecule has 8 nitrogen and oxygen atoms in total. The normalized spacial score (nSPS) is 22.4. The van der Waals surface area contributed by atoms with E-state index in [4.69, 9.17) is 9.47 Å². The van der Waals surface area contributed by atoms with E-state index >= 15 is 0 Å². The highest BCUT2D eigenvalue weighted by molar-refractivity contribution is 9.10. The lowest BCUT2D eigenvalue weighted by molar-refractivity contribution is -0.0210. The summed E-state index contributed by atoms with van der Waals surface area (Å²) in [5.41, 5.74) is 1.23. The van der Waals surface area contributed by atoms with Crippen LogP contribution in [0, 0.1) is 11.8 Å². The molecule has 1 N–H and O–H groups in total. The molecule has 2 aromatic rings. The van der Waals surface area contributed by atoms with E-state index in [-0.39, 0.29) is 18.6 Å². The molecule has 1 aromatic carbocycles. The molecule has 164 valence electrons. The zero-order valence-electron chi connectivity index (χ0n) is 17.7. The van der Waals surface area contributed by atoms with Crippen LogP contribution in [0.4, 0.5) is 4.79 Å². The number of benzene rings is 1. The predicted molar refractivity (Wildman–Crippen MR) is 115 cm³/mol. The van der Waals surface area contributed by atoms with Crippen molar-refractivity contribution in [3.05, 3.63) is 16.6 Å². The summed E-state index contributed by atoms with van der Waals surface area (Å²) < 4.78 is 14.2. The Morgan fingerprint density at radius 2 is 2.07 bits per heavy atom. The zero-order valence-corrected chi connectivity index (χ0v) is 19.3. The highest BCUT2D eigenvalue weighted by Gasteiger charge is 2.33. The van der Waals surface area contributed by atoms with Gasteiger partial charge in [0.2, 0.25) is 0 Å². The number of aliphatic hydroxyl groups excluding tert-OH is 1. The third kappa shape index (κ3) is 4.88. The second-order valence-corrected chi connectivity index (χ2v) is 10.1. The minimum absolute atomic E-state index is 0.0585. The third-order valence-electron chi connectivity index (χ3n) is 5.54. The number of likely N-dealkylation sites (tertiary alicyclic amines) is 1. The minimum atomic E-state index is -0.659. The fraction of sp³-hybridized carbons (Fsp3) is 0.667. The summed E-state index contributed by atoms with van der Waals surface area (Å²) in [4.78, 5) is 13.8. The Morgan fingerprint density at radius 1 is 1.30 bits per heavy atom. The molecular weight excluding hydrogens is 452 g/mol. The number of fused-ring (bicyclic) bond motifs is 1. The number of aliphatic hydroxyl groups is 1. The van der Waals surface area contributed by atoms with Gasteiger partial charge in [-0.05, 0) is 74.0 Å². The van der Waals surface area contributed by atoms with Crippen LogP contribution in [0.2, 0.25) is 0 Å². The van der Waals surface area contributed by atoms with Gasteiger partial charge in [0.05, 0.1) is 29.2 Å². The number of carbonyl (C=O) groups excluding carboxylic acids is 1. The van der Waals surface area contributed by atoms with Gasteiger partial charge in [-0.1, -0.05) is 5.21 Å². The molecule has 4 rings (SSSR count). The standard InChI is InChI=1S/C21H29BrN4O4/c1-21(2,3)30-20(28)25-9-8-14(16(27)11-25)12-29-17-7-6-15-19(18(17)22)23-24-26(15)10-13-4-5-13/h6-7,13-14,16,27H,4-5,8-12H2,1-3H3. The zero-order chi connectivity index (χ0) is 21.5. The van der Waals surface area contributed by atoms with Crippen molar-refractivity contribution >= 4 is 33.1 Å². The van der Waals surface area contributed by atoms with E-state index in [2.05, 4.69) is 26.2 Å². The molecule has 2 fully saturated rings. The highest BCUT2D eigenvalue weighted by atomic mass is 79.9. The summed E-state index contributed by atoms with van der Waals surface area (Å²) in [6, 6.07) is 3.90. The number of carbonyl (C=O) groups is 1. The molecule has 9 heteroatoms. The predicted octanol–water partition coefficient (Wildman–Crippen LogP) is 3.60. The van der Waals surface area contributed by atoms with Gasteiger partial charge in [-0.3, -0.25) is 0 Å². The minimum Gasteiger partial charge on any atom is -0.492 e. The van der Waals surface area contributed by atoms with Gasteiger partial charge in [0.15, 0.2) is 0 Å². The Kier molecular flexibility index (Phi) is 5.94. The second kappa shape index (κ2) is 8.34. The molecule has 2 heterocycles. The van der Waals surface area contributed by atoms with Crippen molar-refractivity contribution in [3.8, 4) is 5.75 Å². The monoisotopic (exact) mass is 480 g/mol. The number of hydrogen-bond acceptors (Lipinski definition) is 6. The fourth-order valence-electron chi connectivity index (χ4n) is 3.64. The van der Waals surface area contributed by atoms with Gasteiger partial charge in [-0.15, -0.1) is 5.10 Å². The van der Waals surface area contributed by atoms with E-state index < -0.39 is 11.7 Å². The van der Waals surface area contributed by atoms with E-state index in [1.807, 2.05) is 37.6 Å². The quantitative estimate of drug-likeness (QED) is 0.702. The topological polar surface area (TPSA) is 89.7 Å². The summed E-state index contributed by atoms with van der Waals surface area (Å²) in [6.07, 6.45) is 2.13. The van der Waals surface area contributed by atoms with E-state index in [0.717, 1.165) is 28.0 Å². The first-order chi connectivity index (χ1) is 14.2. The molecule has 0 bridgehead atoms. The first-order valence-electron chi connectivity index (χ1n) is 10.5. The summed E-state index contributed by atoms with van der Waals surface area (Å²) in [5, 5.41) is 19.1. The first kappa shape index (κ1) is 21.4. The molecule has 2 unspecified atom stereocenters. The number of aromatic nitrogens is 3. The number of amides is 1. The van der Waals surface area contributed by atoms with Crippen LogP contribution in [-0.2, 0) is 11.3 Å². The Hall–Kier alpha value is -1.87. The van der Waals surface area contributed by atoms with Gasteiger partial charge in [-0.25, -0.2) is 9.48 Å². The van der Waals surface area contributed by atoms with Gasteiger partial charge >= 0.3 is 6.09 Å². The molecule has 1 amide bonds. The van der Waals surface area contributed by atoms with Gasteiger partial charge in [-0.2, -0.15) is 0 Å². The maximum Gasteiger partial charge on any atom is 0.410 e. The van der Waals surface area contributed by atoms with Crippen LogP contribution in [0.1, 0.15) is 40.0 Å². The number of halogens is 1. The third-order valence-corrected chi connectivity index (χ3v) is 6.31. The van der Waals surface area contributed by atoms with Gasteiger partial charge < -0.3 is 19.5 Å². The van der Waals surface area contributed by atoms with Crippen molar-refractivity contribution < 1.29 is 19.4 Å². The van der Waals surface area contributed by atoms with Crippen molar-refractivity contribution in [1.29, 1.82) is 0 Å². The van der Waals surface area contributed by atoms with E-state index in [1.165, 1.54) is 12.8 Å². The van der Waals surface area contributed by atoms with E-state index in [9.17, 15) is 9.90 Å². The average Bonchev–Trinajstić information content (AvgIpc) is 3.39. The van der Waals surface area contributed by atoms with Crippen molar-refractivity contribution in [2.24, 2.45) is 11.8 Å². The van der Waals surface area contributed by atoms with Crippen molar-refractivity contribution in [1.82, 2.24) is 19.9 Å². The number of rotatable bonds is 5. The molecule has 1 aliphatic carbocycles. The maximum absolute atomic E-state index is 12.2. The number of nitrogens with zero attached hydrogens (tertiary/aromatic N) is 4. The molecule has 1 aromatic heterocycles. The Balaban J connectivity index is 1.35. The van der Waals surface area contributed by atoms with E-state index in [0.29, 0.717) is 25.3 Å². The average molecular weight is 481 g/mol. The molecule has 1 saturated heterocycles. The Labute approximate surface area is 184 Å². The van der Waals surface area contributed by atoms with E-state index in [1.54, 1.807) is 4.90 Å². The van der Waals surface area contributed by atoms with Crippen molar-refractivity contribution in [2.75, 3.05) is 19.7 Å². The van der Waals surface area contributed by atoms with Gasteiger partial charge in [0, 0.05) is 19.0 Å². The van der Waals surface area contributed by atoms with Crippen LogP contribution < -0.4 is 4.74 Å². The highest BCUT2D eigenvalue weighted by Crippen LogP contribution is 2.35. The molecule has 0 radical (unpaired) electrons. The molecule has 2 aliphatic rings. The van der Waals surface area contributed by atoms with Gasteiger partial charge in [0.1, 0.15) is 16.9 Å².